The molecule has 26 heavy (non-hydrogen) atoms. The summed E-state index contributed by atoms with van der Waals surface area (Å²) in [6.45, 7) is 2.95. The van der Waals surface area contributed by atoms with Crippen LogP contribution in [0.25, 0.3) is 11.5 Å². The molecular formula is C20H23N5O. The Hall–Kier alpha value is -2.73. The first kappa shape index (κ1) is 16.7. The van der Waals surface area contributed by atoms with E-state index in [1.165, 1.54) is 11.3 Å². The molecule has 0 spiro atoms. The van der Waals surface area contributed by atoms with Crippen LogP contribution in [-0.4, -0.2) is 47.3 Å². The fourth-order valence-electron chi connectivity index (χ4n) is 3.35. The number of benzene rings is 1. The van der Waals surface area contributed by atoms with Crippen molar-refractivity contribution in [1.82, 2.24) is 20.1 Å². The summed E-state index contributed by atoms with van der Waals surface area (Å²) in [4.78, 5) is 8.59. The first-order valence-electron chi connectivity index (χ1n) is 8.91. The molecule has 3 aromatic rings. The van der Waals surface area contributed by atoms with Crippen LogP contribution < -0.4 is 4.90 Å². The van der Waals surface area contributed by atoms with Gasteiger partial charge in [-0.05, 0) is 42.8 Å². The van der Waals surface area contributed by atoms with Crippen LogP contribution in [-0.2, 0) is 6.54 Å². The molecule has 2 aromatic heterocycles. The average molecular weight is 349 g/mol. The summed E-state index contributed by atoms with van der Waals surface area (Å²) in [5.74, 6) is 1.61. The van der Waals surface area contributed by atoms with E-state index in [0.717, 1.165) is 37.5 Å². The van der Waals surface area contributed by atoms with Crippen molar-refractivity contribution in [3.63, 3.8) is 0 Å². The van der Waals surface area contributed by atoms with Gasteiger partial charge in [-0.1, -0.05) is 12.1 Å². The van der Waals surface area contributed by atoms with Crippen LogP contribution in [0.1, 0.15) is 23.8 Å². The molecule has 1 fully saturated rings. The van der Waals surface area contributed by atoms with Crippen molar-refractivity contribution in [1.29, 1.82) is 0 Å². The summed E-state index contributed by atoms with van der Waals surface area (Å²) in [7, 11) is 4.12. The summed E-state index contributed by atoms with van der Waals surface area (Å²) in [5.41, 5.74) is 3.47. The molecule has 1 aromatic carbocycles. The predicted molar refractivity (Wildman–Crippen MR) is 101 cm³/mol. The van der Waals surface area contributed by atoms with E-state index < -0.39 is 0 Å². The highest BCUT2D eigenvalue weighted by atomic mass is 16.4. The minimum absolute atomic E-state index is 0.305. The third-order valence-corrected chi connectivity index (χ3v) is 4.85. The lowest BCUT2D eigenvalue weighted by molar-refractivity contribution is 0.320. The minimum Gasteiger partial charge on any atom is -0.420 e. The lowest BCUT2D eigenvalue weighted by Gasteiger charge is -2.17. The van der Waals surface area contributed by atoms with Gasteiger partial charge < -0.3 is 9.32 Å². The van der Waals surface area contributed by atoms with E-state index in [0.29, 0.717) is 11.8 Å². The Morgan fingerprint density at radius 2 is 1.85 bits per heavy atom. The van der Waals surface area contributed by atoms with E-state index in [1.54, 1.807) is 12.4 Å². The molecule has 0 radical (unpaired) electrons. The Morgan fingerprint density at radius 3 is 2.58 bits per heavy atom. The number of hydrogen-bond donors (Lipinski definition) is 0. The highest BCUT2D eigenvalue weighted by Crippen LogP contribution is 2.29. The smallest absolute Gasteiger partial charge is 0.247 e. The lowest BCUT2D eigenvalue weighted by atomic mass is 10.1. The normalized spacial score (nSPS) is 17.5. The summed E-state index contributed by atoms with van der Waals surface area (Å²) < 4.78 is 5.91. The third kappa shape index (κ3) is 3.60. The third-order valence-electron chi connectivity index (χ3n) is 4.85. The van der Waals surface area contributed by atoms with Gasteiger partial charge in [0, 0.05) is 50.8 Å². The summed E-state index contributed by atoms with van der Waals surface area (Å²) >= 11 is 0. The fraction of sp³-hybridized carbons (Fsp3) is 0.350. The molecule has 134 valence electrons. The Balaban J connectivity index is 1.39. The highest BCUT2D eigenvalue weighted by molar-refractivity contribution is 5.50. The molecule has 4 rings (SSSR count). The molecule has 0 bridgehead atoms. The zero-order valence-electron chi connectivity index (χ0n) is 15.2. The molecule has 6 nitrogen and oxygen atoms in total. The summed E-state index contributed by atoms with van der Waals surface area (Å²) in [5, 5.41) is 8.48. The Bertz CT molecular complexity index is 844. The number of nitrogens with zero attached hydrogens (tertiary/aromatic N) is 5. The van der Waals surface area contributed by atoms with Crippen LogP contribution in [0.2, 0.25) is 0 Å². The number of anilines is 1. The van der Waals surface area contributed by atoms with E-state index in [1.807, 2.05) is 12.1 Å². The predicted octanol–water partition coefficient (Wildman–Crippen LogP) is 3.19. The van der Waals surface area contributed by atoms with E-state index in [4.69, 9.17) is 4.42 Å². The quantitative estimate of drug-likeness (QED) is 0.705. The monoisotopic (exact) mass is 349 g/mol. The largest absolute Gasteiger partial charge is 0.420 e. The van der Waals surface area contributed by atoms with Crippen molar-refractivity contribution in [3.8, 4) is 11.5 Å². The molecule has 1 saturated heterocycles. The first-order valence-corrected chi connectivity index (χ1v) is 8.91. The molecule has 1 aliphatic heterocycles. The van der Waals surface area contributed by atoms with E-state index in [9.17, 15) is 0 Å². The standard InChI is InChI=1S/C20H23N5O/c1-24(2)18-5-3-15(4-6-18)13-25-12-9-17(14-25)20-23-22-19(26-20)16-7-10-21-11-8-16/h3-8,10-11,17H,9,12-14H2,1-2H3/t17-/m0/s1. The van der Waals surface area contributed by atoms with Crippen LogP contribution in [0.3, 0.4) is 0 Å². The Kier molecular flexibility index (Phi) is 4.67. The molecular weight excluding hydrogens is 326 g/mol. The second kappa shape index (κ2) is 7.25. The maximum Gasteiger partial charge on any atom is 0.247 e. The molecule has 0 saturated carbocycles. The van der Waals surface area contributed by atoms with Gasteiger partial charge in [-0.2, -0.15) is 0 Å². The molecule has 0 unspecified atom stereocenters. The van der Waals surface area contributed by atoms with Gasteiger partial charge in [0.1, 0.15) is 0 Å². The van der Waals surface area contributed by atoms with Gasteiger partial charge in [0.05, 0.1) is 5.92 Å². The van der Waals surface area contributed by atoms with E-state index in [-0.39, 0.29) is 0 Å². The zero-order valence-corrected chi connectivity index (χ0v) is 15.2. The average Bonchev–Trinajstić information content (AvgIpc) is 3.32. The molecule has 3 heterocycles. The van der Waals surface area contributed by atoms with E-state index in [2.05, 4.69) is 63.3 Å². The van der Waals surface area contributed by atoms with Crippen molar-refractivity contribution in [2.24, 2.45) is 0 Å². The van der Waals surface area contributed by atoms with Crippen LogP contribution in [0.4, 0.5) is 5.69 Å². The molecule has 0 aliphatic carbocycles. The molecule has 0 N–H and O–H groups in total. The maximum absolute atomic E-state index is 5.91. The van der Waals surface area contributed by atoms with Gasteiger partial charge in [0.15, 0.2) is 0 Å². The summed E-state index contributed by atoms with van der Waals surface area (Å²) in [6, 6.07) is 12.5. The van der Waals surface area contributed by atoms with Crippen molar-refractivity contribution >= 4 is 5.69 Å². The van der Waals surface area contributed by atoms with Crippen molar-refractivity contribution in [2.75, 3.05) is 32.1 Å². The maximum atomic E-state index is 5.91. The second-order valence-electron chi connectivity index (χ2n) is 6.96. The molecule has 6 heteroatoms. The van der Waals surface area contributed by atoms with Gasteiger partial charge >= 0.3 is 0 Å². The van der Waals surface area contributed by atoms with Crippen molar-refractivity contribution in [2.45, 2.75) is 18.9 Å². The van der Waals surface area contributed by atoms with Gasteiger partial charge in [-0.3, -0.25) is 9.88 Å². The lowest BCUT2D eigenvalue weighted by Crippen LogP contribution is -2.20. The molecule has 1 atom stereocenters. The van der Waals surface area contributed by atoms with Gasteiger partial charge in [-0.15, -0.1) is 10.2 Å². The Morgan fingerprint density at radius 1 is 1.08 bits per heavy atom. The SMILES string of the molecule is CN(C)c1ccc(CN2CC[C@H](c3nnc(-c4ccncc4)o3)C2)cc1. The van der Waals surface area contributed by atoms with Gasteiger partial charge in [0.2, 0.25) is 11.8 Å². The van der Waals surface area contributed by atoms with Crippen LogP contribution in [0.5, 0.6) is 0 Å². The van der Waals surface area contributed by atoms with Crippen LogP contribution in [0.15, 0.2) is 53.2 Å². The first-order chi connectivity index (χ1) is 12.7. The molecule has 0 amide bonds. The minimum atomic E-state index is 0.305. The molecule has 1 aliphatic rings. The van der Waals surface area contributed by atoms with E-state index >= 15 is 0 Å². The number of hydrogen-bond acceptors (Lipinski definition) is 6. The number of likely N-dealkylation sites (tertiary alicyclic amines) is 1. The highest BCUT2D eigenvalue weighted by Gasteiger charge is 2.28. The topological polar surface area (TPSA) is 58.3 Å². The van der Waals surface area contributed by atoms with Crippen molar-refractivity contribution in [3.05, 3.63) is 60.2 Å². The van der Waals surface area contributed by atoms with Crippen molar-refractivity contribution < 1.29 is 4.42 Å². The number of aromatic nitrogens is 3. The van der Waals surface area contributed by atoms with Crippen LogP contribution in [0, 0.1) is 0 Å². The zero-order chi connectivity index (χ0) is 17.9. The van der Waals surface area contributed by atoms with Crippen LogP contribution >= 0.6 is 0 Å². The van der Waals surface area contributed by atoms with Gasteiger partial charge in [-0.25, -0.2) is 0 Å². The Labute approximate surface area is 153 Å². The summed E-state index contributed by atoms with van der Waals surface area (Å²) in [6.07, 6.45) is 4.52. The number of pyridine rings is 1. The second-order valence-corrected chi connectivity index (χ2v) is 6.96. The fourth-order valence-corrected chi connectivity index (χ4v) is 3.35. The van der Waals surface area contributed by atoms with Gasteiger partial charge in [0.25, 0.3) is 0 Å². The number of rotatable bonds is 5.